The van der Waals surface area contributed by atoms with Crippen molar-refractivity contribution < 1.29 is 14.3 Å². The molecule has 2 N–H and O–H groups in total. The Morgan fingerprint density at radius 2 is 2.03 bits per heavy atom. The first kappa shape index (κ1) is 28.0. The number of pyridine rings is 1. The lowest BCUT2D eigenvalue weighted by Crippen LogP contribution is -2.42. The van der Waals surface area contributed by atoms with Crippen molar-refractivity contribution >= 4 is 34.4 Å². The number of aliphatic imine (C=N–C) groups is 1. The Morgan fingerprint density at radius 1 is 1.31 bits per heavy atom. The lowest BCUT2D eigenvalue weighted by atomic mass is 10.0. The Labute approximate surface area is 231 Å². The fourth-order valence-electron chi connectivity index (χ4n) is 4.40. The van der Waals surface area contributed by atoms with E-state index >= 15 is 0 Å². The predicted octanol–water partition coefficient (Wildman–Crippen LogP) is 4.63. The average Bonchev–Trinajstić information content (AvgIpc) is 3.50. The second-order valence-corrected chi connectivity index (χ2v) is 11.8. The number of ether oxygens (including phenoxy) is 2. The maximum absolute atomic E-state index is 12.4. The van der Waals surface area contributed by atoms with Gasteiger partial charge in [-0.05, 0) is 60.5 Å². The van der Waals surface area contributed by atoms with Crippen molar-refractivity contribution in [3.63, 3.8) is 0 Å². The van der Waals surface area contributed by atoms with E-state index in [0.29, 0.717) is 59.7 Å². The fourth-order valence-corrected chi connectivity index (χ4v) is 5.16. The minimum absolute atomic E-state index is 0.0166. The summed E-state index contributed by atoms with van der Waals surface area (Å²) in [7, 11) is 0. The molecular formula is C27H34N8O3S. The van der Waals surface area contributed by atoms with Crippen LogP contribution in [0.3, 0.4) is 0 Å². The summed E-state index contributed by atoms with van der Waals surface area (Å²) in [6, 6.07) is 4.01. The number of piperidine rings is 1. The van der Waals surface area contributed by atoms with Gasteiger partial charge in [0.15, 0.2) is 0 Å². The number of hydrogen-bond donors (Lipinski definition) is 1. The largest absolute Gasteiger partial charge is 0.481 e. The molecule has 0 spiro atoms. The number of nitriles is 1. The number of carbonyl (C=O) groups is 1. The van der Waals surface area contributed by atoms with Crippen LogP contribution in [0.5, 0.6) is 5.75 Å². The molecule has 1 atom stereocenters. The minimum atomic E-state index is -0.529. The number of aryl methyl sites for hydroxylation is 1. The lowest BCUT2D eigenvalue weighted by Gasteiger charge is -2.32. The zero-order valence-corrected chi connectivity index (χ0v) is 23.9. The molecular weight excluding hydrogens is 516 g/mol. The van der Waals surface area contributed by atoms with Crippen molar-refractivity contribution in [3.8, 4) is 11.8 Å². The molecule has 1 aliphatic rings. The molecule has 4 rings (SSSR count). The first-order valence-electron chi connectivity index (χ1n) is 12.8. The minimum Gasteiger partial charge on any atom is -0.481 e. The van der Waals surface area contributed by atoms with Crippen molar-refractivity contribution in [2.45, 2.75) is 72.1 Å². The molecule has 4 heterocycles. The number of aromatic nitrogens is 3. The first-order chi connectivity index (χ1) is 18.5. The average molecular weight is 551 g/mol. The molecule has 0 radical (unpaired) electrons. The SMILES string of the molecule is CC(=NC1CCN(C(=O)OC(C)(C)C)CC1)/C(=N\N)c1cc(OC(C)c2ncc(C)s2)c2c(C#N)cnn2c1. The summed E-state index contributed by atoms with van der Waals surface area (Å²) in [5.74, 6) is 6.33. The Bertz CT molecular complexity index is 1450. The van der Waals surface area contributed by atoms with Gasteiger partial charge >= 0.3 is 6.09 Å². The van der Waals surface area contributed by atoms with Crippen LogP contribution in [-0.4, -0.2) is 61.7 Å². The number of hydrogen-bond acceptors (Lipinski definition) is 10. The number of carbonyl (C=O) groups excluding carboxylic acids is 1. The molecule has 12 heteroatoms. The van der Waals surface area contributed by atoms with Crippen molar-refractivity contribution in [1.29, 1.82) is 5.26 Å². The molecule has 1 saturated heterocycles. The van der Waals surface area contributed by atoms with E-state index in [1.54, 1.807) is 26.9 Å². The van der Waals surface area contributed by atoms with Crippen LogP contribution in [0, 0.1) is 18.3 Å². The monoisotopic (exact) mass is 550 g/mol. The van der Waals surface area contributed by atoms with Gasteiger partial charge in [0.1, 0.15) is 45.3 Å². The smallest absolute Gasteiger partial charge is 0.410 e. The highest BCUT2D eigenvalue weighted by molar-refractivity contribution is 7.11. The number of hydrazone groups is 1. The molecule has 3 aromatic heterocycles. The quantitative estimate of drug-likeness (QED) is 0.268. The van der Waals surface area contributed by atoms with Crippen LogP contribution in [0.25, 0.3) is 5.52 Å². The number of likely N-dealkylation sites (tertiary alicyclic amines) is 1. The van der Waals surface area contributed by atoms with E-state index in [-0.39, 0.29) is 18.2 Å². The van der Waals surface area contributed by atoms with Gasteiger partial charge in [-0.1, -0.05) is 0 Å². The molecule has 206 valence electrons. The molecule has 1 fully saturated rings. The van der Waals surface area contributed by atoms with E-state index < -0.39 is 5.60 Å². The van der Waals surface area contributed by atoms with E-state index in [4.69, 9.17) is 20.3 Å². The highest BCUT2D eigenvalue weighted by Crippen LogP contribution is 2.31. The second kappa shape index (κ2) is 11.4. The summed E-state index contributed by atoms with van der Waals surface area (Å²) >= 11 is 1.56. The number of thiazole rings is 1. The molecule has 11 nitrogen and oxygen atoms in total. The molecule has 3 aromatic rings. The van der Waals surface area contributed by atoms with Crippen LogP contribution in [0.2, 0.25) is 0 Å². The predicted molar refractivity (Wildman–Crippen MR) is 150 cm³/mol. The number of rotatable bonds is 6. The number of amides is 1. The topological polar surface area (TPSA) is 143 Å². The van der Waals surface area contributed by atoms with Gasteiger partial charge in [0.25, 0.3) is 0 Å². The van der Waals surface area contributed by atoms with Gasteiger partial charge in [-0.15, -0.1) is 11.3 Å². The molecule has 0 aliphatic carbocycles. The summed E-state index contributed by atoms with van der Waals surface area (Å²) < 4.78 is 13.4. The third kappa shape index (κ3) is 6.54. The molecule has 0 bridgehead atoms. The summed E-state index contributed by atoms with van der Waals surface area (Å²) in [4.78, 5) is 24.5. The van der Waals surface area contributed by atoms with Gasteiger partial charge in [0.05, 0.1) is 18.0 Å². The van der Waals surface area contributed by atoms with Gasteiger partial charge in [0, 0.05) is 35.9 Å². The zero-order valence-electron chi connectivity index (χ0n) is 23.1. The number of nitrogens with two attached hydrogens (primary N) is 1. The Balaban J connectivity index is 1.57. The third-order valence-corrected chi connectivity index (χ3v) is 7.30. The normalized spacial score (nSPS) is 16.3. The highest BCUT2D eigenvalue weighted by Gasteiger charge is 2.27. The van der Waals surface area contributed by atoms with Gasteiger partial charge in [0.2, 0.25) is 0 Å². The van der Waals surface area contributed by atoms with Gasteiger partial charge in [-0.2, -0.15) is 15.5 Å². The van der Waals surface area contributed by atoms with Crippen molar-refractivity contribution in [2.75, 3.05) is 13.1 Å². The molecule has 1 aliphatic heterocycles. The molecule has 1 amide bonds. The summed E-state index contributed by atoms with van der Waals surface area (Å²) in [6.07, 6.45) is 5.84. The van der Waals surface area contributed by atoms with E-state index in [9.17, 15) is 10.1 Å². The van der Waals surface area contributed by atoms with Gasteiger partial charge < -0.3 is 20.2 Å². The number of nitrogens with zero attached hydrogens (tertiary/aromatic N) is 7. The first-order valence-corrected chi connectivity index (χ1v) is 13.6. The number of fused-ring (bicyclic) bond motifs is 1. The van der Waals surface area contributed by atoms with Crippen LogP contribution in [-0.2, 0) is 4.74 Å². The van der Waals surface area contributed by atoms with Crippen LogP contribution >= 0.6 is 11.3 Å². The Morgan fingerprint density at radius 3 is 2.62 bits per heavy atom. The van der Waals surface area contributed by atoms with Gasteiger partial charge in [-0.3, -0.25) is 4.99 Å². The standard InChI is InChI=1S/C27H34N8O3S/c1-16-13-30-25(39-16)18(3)37-22-11-19(15-35-24(22)20(12-28)14-31-35)23(33-29)17(2)32-21-7-9-34(10-8-21)26(36)38-27(4,5)6/h11,13-15,18,21H,7-10,29H2,1-6H3/b32-17?,33-23+. The van der Waals surface area contributed by atoms with Crippen molar-refractivity contribution in [3.05, 3.63) is 45.7 Å². The van der Waals surface area contributed by atoms with E-state index in [2.05, 4.69) is 21.3 Å². The van der Waals surface area contributed by atoms with Crippen molar-refractivity contribution in [2.24, 2.45) is 15.9 Å². The molecule has 39 heavy (non-hydrogen) atoms. The van der Waals surface area contributed by atoms with Crippen LogP contribution in [0.1, 0.15) is 74.6 Å². The lowest BCUT2D eigenvalue weighted by molar-refractivity contribution is 0.0207. The Hall–Kier alpha value is -3.98. The van der Waals surface area contributed by atoms with E-state index in [1.165, 1.54) is 6.20 Å². The summed E-state index contributed by atoms with van der Waals surface area (Å²) in [6.45, 7) is 12.5. The highest BCUT2D eigenvalue weighted by atomic mass is 32.1. The maximum atomic E-state index is 12.4. The second-order valence-electron chi connectivity index (χ2n) is 10.5. The summed E-state index contributed by atoms with van der Waals surface area (Å²) in [5, 5.41) is 18.9. The molecule has 0 saturated carbocycles. The van der Waals surface area contributed by atoms with Gasteiger partial charge in [-0.25, -0.2) is 14.3 Å². The zero-order chi connectivity index (χ0) is 28.3. The van der Waals surface area contributed by atoms with Crippen molar-refractivity contribution in [1.82, 2.24) is 19.5 Å². The summed E-state index contributed by atoms with van der Waals surface area (Å²) in [5.41, 5.74) is 2.23. The van der Waals surface area contributed by atoms with E-state index in [1.807, 2.05) is 53.8 Å². The molecule has 1 unspecified atom stereocenters. The van der Waals surface area contributed by atoms with E-state index in [0.717, 1.165) is 9.88 Å². The molecule has 0 aromatic carbocycles. The third-order valence-electron chi connectivity index (χ3n) is 6.23. The fraction of sp³-hybridized carbons (Fsp3) is 0.481. The van der Waals surface area contributed by atoms with Crippen LogP contribution in [0.15, 0.2) is 34.8 Å². The van der Waals surface area contributed by atoms with Crippen LogP contribution < -0.4 is 10.6 Å². The maximum Gasteiger partial charge on any atom is 0.410 e. The van der Waals surface area contributed by atoms with Crippen LogP contribution in [0.4, 0.5) is 4.79 Å². The Kier molecular flexibility index (Phi) is 8.20.